The second kappa shape index (κ2) is 14.0. The van der Waals surface area contributed by atoms with E-state index in [9.17, 15) is 19.5 Å². The summed E-state index contributed by atoms with van der Waals surface area (Å²) < 4.78 is 10.6. The van der Waals surface area contributed by atoms with Gasteiger partial charge in [0.1, 0.15) is 12.1 Å². The van der Waals surface area contributed by atoms with Crippen LogP contribution in [0.15, 0.2) is 78.9 Å². The van der Waals surface area contributed by atoms with Gasteiger partial charge in [0.2, 0.25) is 5.91 Å². The van der Waals surface area contributed by atoms with Gasteiger partial charge in [0.05, 0.1) is 26.4 Å². The molecule has 3 amide bonds. The van der Waals surface area contributed by atoms with Crippen LogP contribution in [0.5, 0.6) is 0 Å². The monoisotopic (exact) mass is 555 g/mol. The molecule has 3 aromatic rings. The Kier molecular flexibility index (Phi) is 9.97. The Bertz CT molecular complexity index is 1390. The molecular weight excluding hydrogens is 522 g/mol. The molecule has 0 aromatic heterocycles. The molecular formula is C32H33N3O6. The van der Waals surface area contributed by atoms with Gasteiger partial charge in [-0.1, -0.05) is 78.7 Å². The highest BCUT2D eigenvalue weighted by molar-refractivity contribution is 5.97. The lowest BCUT2D eigenvalue weighted by molar-refractivity contribution is -0.118. The van der Waals surface area contributed by atoms with E-state index in [2.05, 4.69) is 16.6 Å². The van der Waals surface area contributed by atoms with Crippen LogP contribution in [0.1, 0.15) is 17.5 Å². The number of nitrogens with zero attached hydrogens (tertiary/aromatic N) is 1. The first kappa shape index (κ1) is 29.2. The van der Waals surface area contributed by atoms with Gasteiger partial charge in [-0.3, -0.25) is 9.69 Å². The Morgan fingerprint density at radius 2 is 1.73 bits per heavy atom. The molecule has 9 nitrogen and oxygen atoms in total. The van der Waals surface area contributed by atoms with Crippen LogP contribution in [0.25, 0.3) is 11.1 Å². The van der Waals surface area contributed by atoms with Crippen LogP contribution >= 0.6 is 0 Å². The number of amides is 3. The predicted octanol–water partition coefficient (Wildman–Crippen LogP) is 4.57. The van der Waals surface area contributed by atoms with E-state index in [0.717, 1.165) is 22.3 Å². The fourth-order valence-electron chi connectivity index (χ4n) is 4.75. The van der Waals surface area contributed by atoms with Crippen LogP contribution in [-0.4, -0.2) is 66.5 Å². The third kappa shape index (κ3) is 7.87. The minimum atomic E-state index is -1.08. The maximum absolute atomic E-state index is 13.4. The number of methoxy groups -OCH3 is 1. The predicted molar refractivity (Wildman–Crippen MR) is 155 cm³/mol. The van der Waals surface area contributed by atoms with Gasteiger partial charge in [0.25, 0.3) is 0 Å². The number of morpholine rings is 1. The van der Waals surface area contributed by atoms with Crippen molar-refractivity contribution in [3.8, 4) is 23.5 Å². The number of hydrogen-bond acceptors (Lipinski definition) is 5. The summed E-state index contributed by atoms with van der Waals surface area (Å²) in [7, 11) is 1.25. The Balaban J connectivity index is 1.43. The average Bonchev–Trinajstić information content (AvgIpc) is 3.00. The number of nitrogens with one attached hydrogen (secondary N) is 2. The summed E-state index contributed by atoms with van der Waals surface area (Å²) in [6, 6.07) is 23.7. The summed E-state index contributed by atoms with van der Waals surface area (Å²) in [6.07, 6.45) is 4.66. The lowest BCUT2D eigenvalue weighted by atomic mass is 10.00. The molecule has 1 aliphatic rings. The van der Waals surface area contributed by atoms with Crippen molar-refractivity contribution in [1.29, 1.82) is 0 Å². The second-order valence-electron chi connectivity index (χ2n) is 9.71. The highest BCUT2D eigenvalue weighted by Crippen LogP contribution is 2.23. The van der Waals surface area contributed by atoms with E-state index >= 15 is 0 Å². The van der Waals surface area contributed by atoms with Crippen LogP contribution in [0.4, 0.5) is 15.3 Å². The molecule has 3 aromatic carbocycles. The van der Waals surface area contributed by atoms with E-state index in [0.29, 0.717) is 18.5 Å². The minimum absolute atomic E-state index is 0.138. The van der Waals surface area contributed by atoms with Crippen molar-refractivity contribution in [3.05, 3.63) is 90.0 Å². The Labute approximate surface area is 239 Å². The van der Waals surface area contributed by atoms with E-state index in [1.807, 2.05) is 72.8 Å². The van der Waals surface area contributed by atoms with Gasteiger partial charge in [-0.05, 0) is 41.2 Å². The van der Waals surface area contributed by atoms with Gasteiger partial charge in [0, 0.05) is 12.1 Å². The van der Waals surface area contributed by atoms with E-state index < -0.39 is 30.2 Å². The van der Waals surface area contributed by atoms with Gasteiger partial charge < -0.3 is 25.2 Å². The van der Waals surface area contributed by atoms with Gasteiger partial charge in [-0.2, -0.15) is 0 Å². The van der Waals surface area contributed by atoms with Crippen molar-refractivity contribution in [1.82, 2.24) is 10.2 Å². The summed E-state index contributed by atoms with van der Waals surface area (Å²) >= 11 is 0. The lowest BCUT2D eigenvalue weighted by Crippen LogP contribution is -2.51. The first-order chi connectivity index (χ1) is 19.9. The molecule has 1 saturated heterocycles. The number of ether oxygens (including phenoxy) is 2. The second-order valence-corrected chi connectivity index (χ2v) is 9.71. The molecule has 0 bridgehead atoms. The molecule has 212 valence electrons. The van der Waals surface area contributed by atoms with Crippen LogP contribution in [0, 0.1) is 12.3 Å². The highest BCUT2D eigenvalue weighted by atomic mass is 16.5. The number of carbonyl (C=O) groups is 3. The van der Waals surface area contributed by atoms with Crippen LogP contribution < -0.4 is 10.6 Å². The quantitative estimate of drug-likeness (QED) is 0.333. The van der Waals surface area contributed by atoms with Gasteiger partial charge in [0.15, 0.2) is 0 Å². The van der Waals surface area contributed by atoms with E-state index in [1.165, 1.54) is 12.0 Å². The molecule has 41 heavy (non-hydrogen) atoms. The number of alkyl carbamates (subject to hydrolysis) is 1. The lowest BCUT2D eigenvalue weighted by Gasteiger charge is -2.35. The van der Waals surface area contributed by atoms with E-state index in [4.69, 9.17) is 15.9 Å². The molecule has 4 rings (SSSR count). The number of carboxylic acid groups (broad SMARTS) is 1. The van der Waals surface area contributed by atoms with Crippen molar-refractivity contribution in [2.45, 2.75) is 37.5 Å². The molecule has 1 heterocycles. The fraction of sp³-hybridized carbons (Fsp3) is 0.281. The Morgan fingerprint density at radius 1 is 1.05 bits per heavy atom. The van der Waals surface area contributed by atoms with Crippen LogP contribution in [0.2, 0.25) is 0 Å². The third-order valence-electron chi connectivity index (χ3n) is 7.01. The van der Waals surface area contributed by atoms with E-state index in [-0.39, 0.29) is 25.7 Å². The highest BCUT2D eigenvalue weighted by Gasteiger charge is 2.31. The number of benzene rings is 3. The number of para-hydroxylation sites is 1. The molecule has 0 radical (unpaired) electrons. The van der Waals surface area contributed by atoms with Crippen molar-refractivity contribution in [2.75, 3.05) is 25.6 Å². The molecule has 1 fully saturated rings. The third-order valence-corrected chi connectivity index (χ3v) is 7.01. The van der Waals surface area contributed by atoms with Crippen LogP contribution in [0.3, 0.4) is 0 Å². The topological polar surface area (TPSA) is 117 Å². The van der Waals surface area contributed by atoms with Crippen molar-refractivity contribution in [2.24, 2.45) is 0 Å². The number of terminal acetylenes is 1. The zero-order chi connectivity index (χ0) is 29.2. The molecule has 0 spiro atoms. The number of hydrogen-bond donors (Lipinski definition) is 3. The molecule has 0 aliphatic carbocycles. The van der Waals surface area contributed by atoms with Gasteiger partial charge in [-0.25, -0.2) is 9.59 Å². The summed E-state index contributed by atoms with van der Waals surface area (Å²) in [5, 5.41) is 15.1. The summed E-state index contributed by atoms with van der Waals surface area (Å²) in [4.78, 5) is 38.3. The maximum Gasteiger partial charge on any atom is 0.408 e. The zero-order valence-corrected chi connectivity index (χ0v) is 22.8. The SMILES string of the molecule is C#C[C@@H]1CO[C@H](CCc2ccccc2NC(=O)[C@H](Cc2ccc(-c3ccccc3)cc2)NC(=O)OC)CN1C(=O)O. The standard InChI is InChI=1S/C32H33N3O6/c1-3-26-21-41-27(20-35(26)32(38)39)18-17-25-11-7-8-12-28(25)33-30(36)29(34-31(37)40-2)19-22-13-15-24(16-14-22)23-9-5-4-6-10-23/h1,4-16,26-27,29H,17-21H2,2H3,(H,33,36)(H,34,37)(H,38,39)/t26-,27-,29+/m1/s1. The number of aryl methyl sites for hydroxylation is 1. The number of rotatable bonds is 9. The van der Waals surface area contributed by atoms with Crippen molar-refractivity contribution < 1.29 is 29.0 Å². The average molecular weight is 556 g/mol. The zero-order valence-electron chi connectivity index (χ0n) is 22.8. The van der Waals surface area contributed by atoms with Crippen molar-refractivity contribution in [3.63, 3.8) is 0 Å². The van der Waals surface area contributed by atoms with E-state index in [1.54, 1.807) is 6.07 Å². The molecule has 0 unspecified atom stereocenters. The molecule has 9 heteroatoms. The summed E-state index contributed by atoms with van der Waals surface area (Å²) in [5.74, 6) is 2.06. The normalized spacial score (nSPS) is 17.1. The molecule has 3 N–H and O–H groups in total. The van der Waals surface area contributed by atoms with Gasteiger partial charge >= 0.3 is 12.2 Å². The smallest absolute Gasteiger partial charge is 0.408 e. The Morgan fingerprint density at radius 3 is 2.41 bits per heavy atom. The maximum atomic E-state index is 13.4. The largest absolute Gasteiger partial charge is 0.465 e. The number of anilines is 1. The fourth-order valence-corrected chi connectivity index (χ4v) is 4.75. The minimum Gasteiger partial charge on any atom is -0.465 e. The first-order valence-corrected chi connectivity index (χ1v) is 13.3. The first-order valence-electron chi connectivity index (χ1n) is 13.3. The molecule has 0 saturated carbocycles. The number of carbonyl (C=O) groups excluding carboxylic acids is 2. The van der Waals surface area contributed by atoms with Gasteiger partial charge in [-0.15, -0.1) is 6.42 Å². The Hall–Kier alpha value is -4.81. The van der Waals surface area contributed by atoms with Crippen molar-refractivity contribution >= 4 is 23.8 Å². The molecule has 3 atom stereocenters. The van der Waals surface area contributed by atoms with Crippen LogP contribution in [-0.2, 0) is 27.1 Å². The summed E-state index contributed by atoms with van der Waals surface area (Å²) in [6.45, 7) is 0.311. The summed E-state index contributed by atoms with van der Waals surface area (Å²) in [5.41, 5.74) is 4.46. The molecule has 1 aliphatic heterocycles.